The molecular formula is C17H15NO4. The van der Waals surface area contributed by atoms with Gasteiger partial charge in [-0.3, -0.25) is 4.79 Å². The molecule has 0 saturated heterocycles. The number of rotatable bonds is 2. The maximum atomic E-state index is 12.7. The monoisotopic (exact) mass is 297 g/mol. The first-order chi connectivity index (χ1) is 10.5. The Morgan fingerprint density at radius 3 is 2.23 bits per heavy atom. The lowest BCUT2D eigenvalue weighted by Crippen LogP contribution is -2.21. The zero-order valence-corrected chi connectivity index (χ0v) is 11.9. The van der Waals surface area contributed by atoms with Crippen LogP contribution in [-0.4, -0.2) is 19.9 Å². The molecule has 1 heterocycles. The Morgan fingerprint density at radius 1 is 0.955 bits per heavy atom. The number of phenols is 2. The third-order valence-electron chi connectivity index (χ3n) is 3.70. The summed E-state index contributed by atoms with van der Waals surface area (Å²) in [5, 5.41) is 30.0. The van der Waals surface area contributed by atoms with Crippen molar-refractivity contribution in [1.29, 1.82) is 0 Å². The number of nitrogens with zero attached hydrogens (tertiary/aromatic N) is 1. The van der Waals surface area contributed by atoms with Gasteiger partial charge in [-0.15, -0.1) is 0 Å². The number of aromatic nitrogens is 1. The van der Waals surface area contributed by atoms with E-state index >= 15 is 0 Å². The van der Waals surface area contributed by atoms with Gasteiger partial charge in [-0.25, -0.2) is 0 Å². The molecule has 1 aromatic heterocycles. The molecule has 3 N–H and O–H groups in total. The van der Waals surface area contributed by atoms with Gasteiger partial charge in [0.05, 0.1) is 11.1 Å². The van der Waals surface area contributed by atoms with E-state index in [2.05, 4.69) is 0 Å². The predicted octanol–water partition coefficient (Wildman–Crippen LogP) is 2.81. The summed E-state index contributed by atoms with van der Waals surface area (Å²) in [5.74, 6) is -0.00829. The summed E-state index contributed by atoms with van der Waals surface area (Å²) in [6, 6.07) is 10.6. The Balaban J connectivity index is 2.43. The summed E-state index contributed by atoms with van der Waals surface area (Å²) in [6.45, 7) is 2.23. The SMILES string of the molecule is CCn1c(=O)c(-c2ccc(O)cc2)c(O)c2ccc(O)cc21. The molecule has 22 heavy (non-hydrogen) atoms. The Bertz CT molecular complexity index is 911. The lowest BCUT2D eigenvalue weighted by molar-refractivity contribution is 0.473. The minimum atomic E-state index is -0.344. The van der Waals surface area contributed by atoms with E-state index in [1.165, 1.54) is 28.8 Å². The normalized spacial score (nSPS) is 11.0. The molecule has 5 nitrogen and oxygen atoms in total. The van der Waals surface area contributed by atoms with Crippen molar-refractivity contribution in [2.45, 2.75) is 13.5 Å². The first-order valence-corrected chi connectivity index (χ1v) is 6.90. The van der Waals surface area contributed by atoms with Gasteiger partial charge in [-0.1, -0.05) is 12.1 Å². The van der Waals surface area contributed by atoms with Gasteiger partial charge in [0, 0.05) is 18.0 Å². The third kappa shape index (κ3) is 2.07. The highest BCUT2D eigenvalue weighted by Crippen LogP contribution is 2.34. The van der Waals surface area contributed by atoms with E-state index < -0.39 is 0 Å². The molecule has 0 amide bonds. The first kappa shape index (κ1) is 14.0. The number of aryl methyl sites for hydroxylation is 1. The molecule has 5 heteroatoms. The van der Waals surface area contributed by atoms with Crippen molar-refractivity contribution in [2.75, 3.05) is 0 Å². The molecule has 0 bridgehead atoms. The van der Waals surface area contributed by atoms with Crippen molar-refractivity contribution >= 4 is 10.9 Å². The van der Waals surface area contributed by atoms with Gasteiger partial charge in [-0.05, 0) is 36.8 Å². The molecule has 0 aliphatic rings. The molecule has 0 unspecified atom stereocenters. The standard InChI is InChI=1S/C17H15NO4/c1-2-18-14-9-12(20)7-8-13(14)16(21)15(17(18)22)10-3-5-11(19)6-4-10/h3-9,19-21H,2H2,1H3. The minimum Gasteiger partial charge on any atom is -0.508 e. The second kappa shape index (κ2) is 5.11. The number of aromatic hydroxyl groups is 3. The van der Waals surface area contributed by atoms with Crippen LogP contribution >= 0.6 is 0 Å². The van der Waals surface area contributed by atoms with Crippen LogP contribution in [0.25, 0.3) is 22.0 Å². The van der Waals surface area contributed by atoms with E-state index in [1.54, 1.807) is 18.2 Å². The molecule has 3 aromatic rings. The van der Waals surface area contributed by atoms with Crippen LogP contribution in [-0.2, 0) is 6.54 Å². The number of phenolic OH excluding ortho intramolecular Hbond substituents is 2. The second-order valence-corrected chi connectivity index (χ2v) is 5.02. The lowest BCUT2D eigenvalue weighted by atomic mass is 10.0. The smallest absolute Gasteiger partial charge is 0.262 e. The van der Waals surface area contributed by atoms with Gasteiger partial charge >= 0.3 is 0 Å². The van der Waals surface area contributed by atoms with E-state index in [-0.39, 0.29) is 28.4 Å². The summed E-state index contributed by atoms with van der Waals surface area (Å²) < 4.78 is 1.50. The van der Waals surface area contributed by atoms with Gasteiger partial charge in [0.1, 0.15) is 17.2 Å². The quantitative estimate of drug-likeness (QED) is 0.679. The molecule has 112 valence electrons. The highest BCUT2D eigenvalue weighted by atomic mass is 16.3. The Kier molecular flexibility index (Phi) is 3.25. The van der Waals surface area contributed by atoms with Crippen molar-refractivity contribution in [3.05, 3.63) is 52.8 Å². The van der Waals surface area contributed by atoms with Crippen LogP contribution in [0.1, 0.15) is 6.92 Å². The van der Waals surface area contributed by atoms with Crippen molar-refractivity contribution in [3.8, 4) is 28.4 Å². The maximum absolute atomic E-state index is 12.7. The number of hydrogen-bond acceptors (Lipinski definition) is 4. The van der Waals surface area contributed by atoms with Crippen LogP contribution < -0.4 is 5.56 Å². The van der Waals surface area contributed by atoms with Gasteiger partial charge in [0.25, 0.3) is 5.56 Å². The van der Waals surface area contributed by atoms with Crippen LogP contribution in [0.15, 0.2) is 47.3 Å². The Labute approximate surface area is 126 Å². The minimum absolute atomic E-state index is 0.0332. The fourth-order valence-corrected chi connectivity index (χ4v) is 2.63. The maximum Gasteiger partial charge on any atom is 0.262 e. The Hall–Kier alpha value is -2.95. The molecule has 0 aliphatic heterocycles. The van der Waals surface area contributed by atoms with Crippen molar-refractivity contribution in [3.63, 3.8) is 0 Å². The molecule has 2 aromatic carbocycles. The summed E-state index contributed by atoms with van der Waals surface area (Å²) in [4.78, 5) is 12.7. The zero-order valence-electron chi connectivity index (χ0n) is 11.9. The van der Waals surface area contributed by atoms with Crippen LogP contribution in [0, 0.1) is 0 Å². The molecule has 0 spiro atoms. The van der Waals surface area contributed by atoms with Crippen LogP contribution in [0.3, 0.4) is 0 Å². The van der Waals surface area contributed by atoms with Gasteiger partial charge in [0.15, 0.2) is 0 Å². The van der Waals surface area contributed by atoms with Crippen molar-refractivity contribution in [1.82, 2.24) is 4.57 Å². The highest BCUT2D eigenvalue weighted by molar-refractivity contribution is 5.92. The van der Waals surface area contributed by atoms with Crippen molar-refractivity contribution < 1.29 is 15.3 Å². The predicted molar refractivity (Wildman–Crippen MR) is 84.3 cm³/mol. The number of hydrogen-bond donors (Lipinski definition) is 3. The summed E-state index contributed by atoms with van der Waals surface area (Å²) in [5.41, 5.74) is 0.842. The fourth-order valence-electron chi connectivity index (χ4n) is 2.63. The molecule has 0 saturated carbocycles. The molecule has 0 aliphatic carbocycles. The van der Waals surface area contributed by atoms with E-state index in [0.29, 0.717) is 23.0 Å². The number of fused-ring (bicyclic) bond motifs is 1. The van der Waals surface area contributed by atoms with Crippen LogP contribution in [0.2, 0.25) is 0 Å². The first-order valence-electron chi connectivity index (χ1n) is 6.90. The van der Waals surface area contributed by atoms with Gasteiger partial charge in [-0.2, -0.15) is 0 Å². The molecule has 0 radical (unpaired) electrons. The Morgan fingerprint density at radius 2 is 1.59 bits per heavy atom. The zero-order chi connectivity index (χ0) is 15.9. The van der Waals surface area contributed by atoms with Gasteiger partial charge < -0.3 is 19.9 Å². The molecule has 3 rings (SSSR count). The van der Waals surface area contributed by atoms with Gasteiger partial charge in [0.2, 0.25) is 0 Å². The van der Waals surface area contributed by atoms with E-state index in [4.69, 9.17) is 0 Å². The molecular weight excluding hydrogens is 282 g/mol. The average Bonchev–Trinajstić information content (AvgIpc) is 2.49. The summed E-state index contributed by atoms with van der Waals surface area (Å²) >= 11 is 0. The average molecular weight is 297 g/mol. The van der Waals surface area contributed by atoms with E-state index in [9.17, 15) is 20.1 Å². The lowest BCUT2D eigenvalue weighted by Gasteiger charge is -2.14. The number of pyridine rings is 1. The molecule has 0 atom stereocenters. The third-order valence-corrected chi connectivity index (χ3v) is 3.70. The van der Waals surface area contributed by atoms with Crippen molar-refractivity contribution in [2.24, 2.45) is 0 Å². The van der Waals surface area contributed by atoms with Crippen LogP contribution in [0.4, 0.5) is 0 Å². The van der Waals surface area contributed by atoms with Crippen LogP contribution in [0.5, 0.6) is 17.2 Å². The van der Waals surface area contributed by atoms with E-state index in [1.807, 2.05) is 6.92 Å². The summed E-state index contributed by atoms with van der Waals surface area (Å²) in [6.07, 6.45) is 0. The fraction of sp³-hybridized carbons (Fsp3) is 0.118. The highest BCUT2D eigenvalue weighted by Gasteiger charge is 2.17. The topological polar surface area (TPSA) is 82.7 Å². The number of benzene rings is 2. The van der Waals surface area contributed by atoms with E-state index in [0.717, 1.165) is 0 Å². The summed E-state index contributed by atoms with van der Waals surface area (Å²) in [7, 11) is 0. The second-order valence-electron chi connectivity index (χ2n) is 5.02. The molecule has 0 fully saturated rings. The largest absolute Gasteiger partial charge is 0.508 e.